The van der Waals surface area contributed by atoms with E-state index in [1.165, 1.54) is 11.1 Å². The summed E-state index contributed by atoms with van der Waals surface area (Å²) in [5.74, 6) is 0. The molecule has 3 N–H and O–H groups in total. The third-order valence-corrected chi connectivity index (χ3v) is 3.21. The summed E-state index contributed by atoms with van der Waals surface area (Å²) < 4.78 is 0. The molecule has 0 aromatic heterocycles. The lowest BCUT2D eigenvalue weighted by molar-refractivity contribution is 0.287. The molecule has 90 valence electrons. The standard InChI is InChI=1S/C13H20N2.ClH/c1-12(2,3)10-4-6-11(7-5-10)13(14)8-15-9-13;/h4-7,15H,8-9,14H2,1-3H3;1H. The van der Waals surface area contributed by atoms with Crippen LogP contribution in [0.25, 0.3) is 0 Å². The molecule has 0 saturated carbocycles. The van der Waals surface area contributed by atoms with Crippen LogP contribution in [0.4, 0.5) is 0 Å². The fourth-order valence-electron chi connectivity index (χ4n) is 1.90. The molecular formula is C13H21ClN2. The van der Waals surface area contributed by atoms with Crippen molar-refractivity contribution in [2.24, 2.45) is 5.73 Å². The average Bonchev–Trinajstić information content (AvgIpc) is 2.13. The topological polar surface area (TPSA) is 38.0 Å². The van der Waals surface area contributed by atoms with Crippen molar-refractivity contribution in [3.63, 3.8) is 0 Å². The molecule has 1 aliphatic rings. The molecule has 0 atom stereocenters. The number of halogens is 1. The number of benzene rings is 1. The minimum absolute atomic E-state index is 0. The summed E-state index contributed by atoms with van der Waals surface area (Å²) in [5.41, 5.74) is 8.92. The quantitative estimate of drug-likeness (QED) is 0.790. The zero-order chi connectivity index (χ0) is 11.1. The first-order valence-electron chi connectivity index (χ1n) is 5.52. The highest BCUT2D eigenvalue weighted by Gasteiger charge is 2.34. The van der Waals surface area contributed by atoms with Gasteiger partial charge in [0.05, 0.1) is 5.54 Å². The van der Waals surface area contributed by atoms with Crippen LogP contribution in [0.15, 0.2) is 24.3 Å². The molecule has 0 amide bonds. The smallest absolute Gasteiger partial charge is 0.0662 e. The molecule has 0 radical (unpaired) electrons. The molecule has 0 bridgehead atoms. The van der Waals surface area contributed by atoms with Crippen LogP contribution in [-0.4, -0.2) is 13.1 Å². The van der Waals surface area contributed by atoms with Gasteiger partial charge in [0.2, 0.25) is 0 Å². The van der Waals surface area contributed by atoms with Crippen molar-refractivity contribution in [2.75, 3.05) is 13.1 Å². The van der Waals surface area contributed by atoms with Gasteiger partial charge in [0.25, 0.3) is 0 Å². The highest BCUT2D eigenvalue weighted by atomic mass is 35.5. The maximum atomic E-state index is 6.22. The van der Waals surface area contributed by atoms with E-state index in [0.717, 1.165) is 13.1 Å². The van der Waals surface area contributed by atoms with Crippen molar-refractivity contribution >= 4 is 12.4 Å². The molecule has 1 aromatic rings. The molecule has 1 saturated heterocycles. The number of rotatable bonds is 1. The number of hydrogen-bond donors (Lipinski definition) is 2. The van der Waals surface area contributed by atoms with Crippen molar-refractivity contribution in [1.29, 1.82) is 0 Å². The zero-order valence-electron chi connectivity index (χ0n) is 10.2. The molecule has 1 heterocycles. The third kappa shape index (κ3) is 2.40. The van der Waals surface area contributed by atoms with E-state index in [1.54, 1.807) is 0 Å². The largest absolute Gasteiger partial charge is 0.319 e. The maximum Gasteiger partial charge on any atom is 0.0662 e. The Morgan fingerprint density at radius 1 is 1.12 bits per heavy atom. The Morgan fingerprint density at radius 3 is 1.94 bits per heavy atom. The van der Waals surface area contributed by atoms with E-state index in [0.29, 0.717) is 0 Å². The number of nitrogens with two attached hydrogens (primary N) is 1. The van der Waals surface area contributed by atoms with Crippen molar-refractivity contribution in [3.05, 3.63) is 35.4 Å². The predicted octanol–water partition coefficient (Wildman–Crippen LogP) is 2.16. The Kier molecular flexibility index (Phi) is 3.68. The molecule has 0 aliphatic carbocycles. The fourth-order valence-corrected chi connectivity index (χ4v) is 1.90. The van der Waals surface area contributed by atoms with E-state index in [-0.39, 0.29) is 23.4 Å². The normalized spacial score (nSPS) is 18.5. The molecule has 0 spiro atoms. The van der Waals surface area contributed by atoms with Gasteiger partial charge in [-0.1, -0.05) is 45.0 Å². The summed E-state index contributed by atoms with van der Waals surface area (Å²) in [5, 5.41) is 3.22. The Morgan fingerprint density at radius 2 is 1.62 bits per heavy atom. The molecule has 1 fully saturated rings. The van der Waals surface area contributed by atoms with Crippen molar-refractivity contribution in [3.8, 4) is 0 Å². The summed E-state index contributed by atoms with van der Waals surface area (Å²) in [6.45, 7) is 8.46. The van der Waals surface area contributed by atoms with Gasteiger partial charge in [0.1, 0.15) is 0 Å². The molecule has 2 rings (SSSR count). The summed E-state index contributed by atoms with van der Waals surface area (Å²) in [7, 11) is 0. The molecule has 1 aromatic carbocycles. The monoisotopic (exact) mass is 240 g/mol. The van der Waals surface area contributed by atoms with Crippen molar-refractivity contribution in [2.45, 2.75) is 31.7 Å². The molecule has 3 heteroatoms. The van der Waals surface area contributed by atoms with Crippen LogP contribution in [0.2, 0.25) is 0 Å². The van der Waals surface area contributed by atoms with Crippen LogP contribution < -0.4 is 11.1 Å². The van der Waals surface area contributed by atoms with Gasteiger partial charge in [0, 0.05) is 13.1 Å². The van der Waals surface area contributed by atoms with Crippen LogP contribution >= 0.6 is 12.4 Å². The van der Waals surface area contributed by atoms with Gasteiger partial charge in [-0.05, 0) is 16.5 Å². The second kappa shape index (κ2) is 4.36. The molecular weight excluding hydrogens is 220 g/mol. The van der Waals surface area contributed by atoms with Crippen molar-refractivity contribution < 1.29 is 0 Å². The summed E-state index contributed by atoms with van der Waals surface area (Å²) in [6, 6.07) is 8.73. The first kappa shape index (κ1) is 13.5. The van der Waals surface area contributed by atoms with Crippen LogP contribution in [0.1, 0.15) is 31.9 Å². The van der Waals surface area contributed by atoms with Crippen LogP contribution in [0, 0.1) is 0 Å². The molecule has 0 unspecified atom stereocenters. The van der Waals surface area contributed by atoms with E-state index in [2.05, 4.69) is 50.4 Å². The van der Waals surface area contributed by atoms with Gasteiger partial charge in [-0.3, -0.25) is 0 Å². The summed E-state index contributed by atoms with van der Waals surface area (Å²) in [4.78, 5) is 0. The molecule has 16 heavy (non-hydrogen) atoms. The predicted molar refractivity (Wildman–Crippen MR) is 71.1 cm³/mol. The van der Waals surface area contributed by atoms with Gasteiger partial charge in [-0.25, -0.2) is 0 Å². The van der Waals surface area contributed by atoms with Gasteiger partial charge < -0.3 is 11.1 Å². The number of nitrogens with one attached hydrogen (secondary N) is 1. The second-order valence-corrected chi connectivity index (χ2v) is 5.59. The van der Waals surface area contributed by atoms with E-state index < -0.39 is 0 Å². The van der Waals surface area contributed by atoms with Gasteiger partial charge >= 0.3 is 0 Å². The minimum Gasteiger partial charge on any atom is -0.319 e. The SMILES string of the molecule is CC(C)(C)c1ccc(C2(N)CNC2)cc1.Cl. The Hall–Kier alpha value is -0.570. The summed E-state index contributed by atoms with van der Waals surface area (Å²) >= 11 is 0. The molecule has 2 nitrogen and oxygen atoms in total. The first-order valence-corrected chi connectivity index (χ1v) is 5.52. The van der Waals surface area contributed by atoms with E-state index in [1.807, 2.05) is 0 Å². The first-order chi connectivity index (χ1) is 6.92. The summed E-state index contributed by atoms with van der Waals surface area (Å²) in [6.07, 6.45) is 0. The molecule has 1 aliphatic heterocycles. The van der Waals surface area contributed by atoms with Gasteiger partial charge in [0.15, 0.2) is 0 Å². The van der Waals surface area contributed by atoms with Crippen LogP contribution in [0.5, 0.6) is 0 Å². The second-order valence-electron chi connectivity index (χ2n) is 5.59. The van der Waals surface area contributed by atoms with E-state index in [4.69, 9.17) is 5.73 Å². The lowest BCUT2D eigenvalue weighted by Crippen LogP contribution is -2.62. The Labute approximate surface area is 104 Å². The zero-order valence-corrected chi connectivity index (χ0v) is 11.0. The van der Waals surface area contributed by atoms with E-state index in [9.17, 15) is 0 Å². The lowest BCUT2D eigenvalue weighted by atomic mass is 9.82. The average molecular weight is 241 g/mol. The van der Waals surface area contributed by atoms with Gasteiger partial charge in [-0.15, -0.1) is 12.4 Å². The number of hydrogen-bond acceptors (Lipinski definition) is 2. The van der Waals surface area contributed by atoms with Crippen LogP contribution in [-0.2, 0) is 11.0 Å². The third-order valence-electron chi connectivity index (χ3n) is 3.21. The van der Waals surface area contributed by atoms with Crippen molar-refractivity contribution in [1.82, 2.24) is 5.32 Å². The fraction of sp³-hybridized carbons (Fsp3) is 0.538. The Bertz CT molecular complexity index is 347. The minimum atomic E-state index is -0.129. The Balaban J connectivity index is 0.00000128. The highest BCUT2D eigenvalue weighted by molar-refractivity contribution is 5.85. The lowest BCUT2D eigenvalue weighted by Gasteiger charge is -2.39. The van der Waals surface area contributed by atoms with Crippen LogP contribution in [0.3, 0.4) is 0 Å². The van der Waals surface area contributed by atoms with Gasteiger partial charge in [-0.2, -0.15) is 0 Å². The highest BCUT2D eigenvalue weighted by Crippen LogP contribution is 2.27. The van der Waals surface area contributed by atoms with E-state index >= 15 is 0 Å². The maximum absolute atomic E-state index is 6.22.